The first-order valence-corrected chi connectivity index (χ1v) is 6.61. The van der Waals surface area contributed by atoms with E-state index in [0.29, 0.717) is 10.5 Å². The predicted molar refractivity (Wildman–Crippen MR) is 78.4 cm³/mol. The van der Waals surface area contributed by atoms with Gasteiger partial charge in [0.2, 0.25) is 0 Å². The summed E-state index contributed by atoms with van der Waals surface area (Å²) in [5, 5.41) is 28.0. The van der Waals surface area contributed by atoms with Gasteiger partial charge in [-0.25, -0.2) is 10.2 Å². The number of carbonyl (C=O) groups excluding carboxylic acids is 1. The molecule has 0 spiro atoms. The number of hydroxylamine groups is 3. The highest BCUT2D eigenvalue weighted by molar-refractivity contribution is 6.04. The molecular formula is C13H19N5O4. The minimum atomic E-state index is -1.52. The molecule has 0 radical (unpaired) electrons. The van der Waals surface area contributed by atoms with Gasteiger partial charge in [-0.05, 0) is 32.9 Å². The molecule has 0 saturated carbocycles. The number of hydrazone groups is 1. The molecule has 0 bridgehead atoms. The Bertz CT molecular complexity index is 649. The topological polar surface area (TPSA) is 130 Å². The van der Waals surface area contributed by atoms with E-state index in [0.717, 1.165) is 5.06 Å². The molecular weight excluding hydrogens is 290 g/mol. The van der Waals surface area contributed by atoms with Crippen LogP contribution in [0, 0.1) is 5.21 Å². The Hall–Kier alpha value is -2.39. The van der Waals surface area contributed by atoms with E-state index in [1.807, 2.05) is 0 Å². The summed E-state index contributed by atoms with van der Waals surface area (Å²) in [7, 11) is 0. The van der Waals surface area contributed by atoms with Gasteiger partial charge < -0.3 is 20.6 Å². The fourth-order valence-corrected chi connectivity index (χ4v) is 2.56. The quantitative estimate of drug-likeness (QED) is 0.329. The molecule has 1 aromatic rings. The summed E-state index contributed by atoms with van der Waals surface area (Å²) in [5.74, 6) is 0.346. The second-order valence-corrected chi connectivity index (χ2v) is 5.69. The number of amides is 2. The van der Waals surface area contributed by atoms with Gasteiger partial charge in [-0.2, -0.15) is 9.84 Å². The van der Waals surface area contributed by atoms with Gasteiger partial charge in [0.15, 0.2) is 5.76 Å². The molecule has 4 N–H and O–H groups in total. The molecule has 1 aliphatic rings. The van der Waals surface area contributed by atoms with Crippen LogP contribution in [0.3, 0.4) is 0 Å². The third-order valence-corrected chi connectivity index (χ3v) is 3.89. The summed E-state index contributed by atoms with van der Waals surface area (Å²) < 4.78 is 5.92. The molecule has 1 aromatic heterocycles. The Morgan fingerprint density at radius 1 is 1.55 bits per heavy atom. The number of hydrogen-bond donors (Lipinski definition) is 3. The van der Waals surface area contributed by atoms with E-state index in [4.69, 9.17) is 10.2 Å². The Morgan fingerprint density at radius 2 is 2.18 bits per heavy atom. The molecule has 0 aromatic carbocycles. The van der Waals surface area contributed by atoms with Crippen molar-refractivity contribution < 1.29 is 19.2 Å². The van der Waals surface area contributed by atoms with E-state index in [1.165, 1.54) is 20.1 Å². The highest BCUT2D eigenvalue weighted by Gasteiger charge is 2.62. The van der Waals surface area contributed by atoms with Crippen molar-refractivity contribution in [3.63, 3.8) is 0 Å². The van der Waals surface area contributed by atoms with Gasteiger partial charge in [0.1, 0.15) is 11.3 Å². The zero-order valence-corrected chi connectivity index (χ0v) is 12.8. The molecule has 120 valence electrons. The summed E-state index contributed by atoms with van der Waals surface area (Å²) >= 11 is 0. The largest absolute Gasteiger partial charge is 0.622 e. The highest BCUT2D eigenvalue weighted by Crippen LogP contribution is 2.36. The normalized spacial score (nSPS) is 25.6. The zero-order valence-electron chi connectivity index (χ0n) is 12.8. The van der Waals surface area contributed by atoms with E-state index in [1.54, 1.807) is 26.0 Å². The van der Waals surface area contributed by atoms with Crippen molar-refractivity contribution >= 4 is 17.5 Å². The maximum atomic E-state index is 12.8. The van der Waals surface area contributed by atoms with E-state index in [-0.39, 0.29) is 11.4 Å². The number of rotatable bonds is 3. The molecule has 1 aliphatic heterocycles. The average molecular weight is 309 g/mol. The summed E-state index contributed by atoms with van der Waals surface area (Å²) in [4.78, 5) is 10.8. The van der Waals surface area contributed by atoms with E-state index < -0.39 is 17.2 Å². The van der Waals surface area contributed by atoms with Crippen molar-refractivity contribution in [3.8, 4) is 0 Å². The Labute approximate surface area is 127 Å². The van der Waals surface area contributed by atoms with Gasteiger partial charge >= 0.3 is 6.03 Å². The number of nitrogens with two attached hydrogens (primary N) is 1. The van der Waals surface area contributed by atoms with E-state index >= 15 is 0 Å². The lowest BCUT2D eigenvalue weighted by Crippen LogP contribution is -2.57. The van der Waals surface area contributed by atoms with Crippen LogP contribution in [0.4, 0.5) is 4.79 Å². The Balaban J connectivity index is 2.57. The number of carbonyl (C=O) groups is 1. The smallest absolute Gasteiger partial charge is 0.332 e. The van der Waals surface area contributed by atoms with Gasteiger partial charge in [0.05, 0.1) is 6.26 Å². The predicted octanol–water partition coefficient (Wildman–Crippen LogP) is 0.823. The van der Waals surface area contributed by atoms with Crippen molar-refractivity contribution in [1.82, 2.24) is 10.5 Å². The SMILES string of the molecule is C/C(=N/NC(N)=O)[C@@]1(C)N(O)C(C)(C)C(c2ccco2)=[N+]1[O-]. The lowest BCUT2D eigenvalue weighted by atomic mass is 9.96. The second kappa shape index (κ2) is 5.11. The molecule has 2 rings (SSSR count). The van der Waals surface area contributed by atoms with Crippen molar-refractivity contribution in [2.45, 2.75) is 38.9 Å². The first-order valence-electron chi connectivity index (χ1n) is 6.61. The van der Waals surface area contributed by atoms with Gasteiger partial charge in [0, 0.05) is 6.92 Å². The van der Waals surface area contributed by atoms with Gasteiger partial charge in [-0.15, -0.1) is 5.06 Å². The second-order valence-electron chi connectivity index (χ2n) is 5.69. The third-order valence-electron chi connectivity index (χ3n) is 3.89. The molecule has 9 heteroatoms. The standard InChI is InChI=1S/C13H19N5O4/c1-8(15-16-11(14)19)13(4)17(20)10(9-6-5-7-22-9)12(2,3)18(13)21/h5-7,21H,1-4H3,(H3,14,16,19)/b15-8-/t13-/m1/s1. The van der Waals surface area contributed by atoms with Crippen molar-refractivity contribution in [3.05, 3.63) is 29.4 Å². The summed E-state index contributed by atoms with van der Waals surface area (Å²) in [6.45, 7) is 6.34. The lowest BCUT2D eigenvalue weighted by molar-refractivity contribution is -0.560. The van der Waals surface area contributed by atoms with Crippen LogP contribution < -0.4 is 11.2 Å². The number of nitrogens with one attached hydrogen (secondary N) is 1. The van der Waals surface area contributed by atoms with Crippen LogP contribution >= 0.6 is 0 Å². The third kappa shape index (κ3) is 2.14. The first kappa shape index (κ1) is 16.0. The summed E-state index contributed by atoms with van der Waals surface area (Å²) in [5.41, 5.74) is 4.88. The molecule has 0 fully saturated rings. The fourth-order valence-electron chi connectivity index (χ4n) is 2.56. The Morgan fingerprint density at radius 3 is 2.68 bits per heavy atom. The molecule has 22 heavy (non-hydrogen) atoms. The monoisotopic (exact) mass is 309 g/mol. The number of primary amides is 1. The van der Waals surface area contributed by atoms with Crippen LogP contribution in [0.25, 0.3) is 0 Å². The maximum Gasteiger partial charge on any atom is 0.332 e. The molecule has 0 saturated heterocycles. The van der Waals surface area contributed by atoms with E-state index in [9.17, 15) is 15.2 Å². The molecule has 2 heterocycles. The first-order chi connectivity index (χ1) is 10.1. The minimum Gasteiger partial charge on any atom is -0.622 e. The highest BCUT2D eigenvalue weighted by atomic mass is 16.6. The minimum absolute atomic E-state index is 0.165. The zero-order chi connectivity index (χ0) is 16.7. The van der Waals surface area contributed by atoms with Gasteiger partial charge in [-0.1, -0.05) is 0 Å². The fraction of sp³-hybridized carbons (Fsp3) is 0.462. The van der Waals surface area contributed by atoms with Crippen LogP contribution in [0.2, 0.25) is 0 Å². The van der Waals surface area contributed by atoms with E-state index in [2.05, 4.69) is 10.5 Å². The number of nitrogens with zero attached hydrogens (tertiary/aromatic N) is 3. The van der Waals surface area contributed by atoms with Crippen molar-refractivity contribution in [2.24, 2.45) is 10.8 Å². The van der Waals surface area contributed by atoms with Crippen molar-refractivity contribution in [2.75, 3.05) is 0 Å². The van der Waals surface area contributed by atoms with Crippen LogP contribution in [0.1, 0.15) is 33.5 Å². The van der Waals surface area contributed by atoms with Crippen LogP contribution in [-0.2, 0) is 0 Å². The molecule has 2 amide bonds. The summed E-state index contributed by atoms with van der Waals surface area (Å²) in [6, 6.07) is 2.42. The van der Waals surface area contributed by atoms with Crippen LogP contribution in [0.5, 0.6) is 0 Å². The lowest BCUT2D eigenvalue weighted by Gasteiger charge is -2.32. The van der Waals surface area contributed by atoms with Gasteiger partial charge in [0.25, 0.3) is 11.4 Å². The molecule has 9 nitrogen and oxygen atoms in total. The van der Waals surface area contributed by atoms with Crippen molar-refractivity contribution in [1.29, 1.82) is 0 Å². The maximum absolute atomic E-state index is 12.8. The summed E-state index contributed by atoms with van der Waals surface area (Å²) in [6.07, 6.45) is 1.44. The van der Waals surface area contributed by atoms with Gasteiger partial charge in [-0.3, -0.25) is 0 Å². The average Bonchev–Trinajstić information content (AvgIpc) is 2.99. The number of urea groups is 1. The number of hydrogen-bond acceptors (Lipinski definition) is 6. The number of furan rings is 1. The Kier molecular flexibility index (Phi) is 3.71. The van der Waals surface area contributed by atoms with Crippen LogP contribution in [0.15, 0.2) is 27.9 Å². The molecule has 0 unspecified atom stereocenters. The van der Waals surface area contributed by atoms with Crippen LogP contribution in [-0.4, -0.2) is 43.7 Å². The molecule has 1 atom stereocenters. The molecule has 0 aliphatic carbocycles.